The number of ether oxygens (including phenoxy) is 1. The quantitative estimate of drug-likeness (QED) is 0.274. The first-order valence-electron chi connectivity index (χ1n) is 9.47. The monoisotopic (exact) mass is 396 g/mol. The second-order valence-electron chi connectivity index (χ2n) is 6.78. The van der Waals surface area contributed by atoms with E-state index in [2.05, 4.69) is 18.4 Å². The number of rotatable bonds is 4. The second kappa shape index (κ2) is 8.63. The predicted octanol–water partition coefficient (Wildman–Crippen LogP) is 6.75. The summed E-state index contributed by atoms with van der Waals surface area (Å²) in [5.74, 6) is 5.30. The van der Waals surface area contributed by atoms with E-state index in [1.54, 1.807) is 24.3 Å². The Kier molecular flexibility index (Phi) is 5.59. The zero-order valence-electron chi connectivity index (χ0n) is 16.2. The van der Waals surface area contributed by atoms with E-state index < -0.39 is 11.6 Å². The first-order valence-corrected chi connectivity index (χ1v) is 9.47. The predicted molar refractivity (Wildman–Crippen MR) is 117 cm³/mol. The minimum absolute atomic E-state index is 0.482. The van der Waals surface area contributed by atoms with Gasteiger partial charge < -0.3 is 4.74 Å². The Morgan fingerprint density at radius 2 is 1.27 bits per heavy atom. The van der Waals surface area contributed by atoms with Gasteiger partial charge in [-0.05, 0) is 70.4 Å². The van der Waals surface area contributed by atoms with Gasteiger partial charge in [0, 0.05) is 11.1 Å². The maximum atomic E-state index is 13.5. The fraction of sp³-hybridized carbons (Fsp3) is 0.0370. The number of hydrogen-bond donors (Lipinski definition) is 0. The number of halogens is 2. The van der Waals surface area contributed by atoms with E-state index in [9.17, 15) is 8.78 Å². The van der Waals surface area contributed by atoms with Crippen LogP contribution in [0.2, 0.25) is 0 Å². The van der Waals surface area contributed by atoms with E-state index in [0.29, 0.717) is 17.4 Å². The molecule has 0 N–H and O–H groups in total. The van der Waals surface area contributed by atoms with Gasteiger partial charge in [0.1, 0.15) is 12.4 Å². The molecule has 0 atom stereocenters. The Morgan fingerprint density at radius 1 is 0.700 bits per heavy atom. The molecule has 0 radical (unpaired) electrons. The van der Waals surface area contributed by atoms with E-state index in [1.165, 1.54) is 12.1 Å². The van der Waals surface area contributed by atoms with Gasteiger partial charge in [-0.25, -0.2) is 8.78 Å². The third-order valence-electron chi connectivity index (χ3n) is 4.67. The summed E-state index contributed by atoms with van der Waals surface area (Å²) in [5, 5.41) is 1.27. The molecule has 0 aromatic heterocycles. The van der Waals surface area contributed by atoms with Gasteiger partial charge in [0.25, 0.3) is 0 Å². The Labute approximate surface area is 174 Å². The van der Waals surface area contributed by atoms with E-state index in [1.807, 2.05) is 48.5 Å². The van der Waals surface area contributed by atoms with Gasteiger partial charge >= 0.3 is 0 Å². The van der Waals surface area contributed by atoms with Crippen LogP contribution in [-0.4, -0.2) is 6.61 Å². The molecule has 0 saturated carbocycles. The smallest absolute Gasteiger partial charge is 0.159 e. The highest BCUT2D eigenvalue weighted by Gasteiger charge is 2.04. The molecule has 3 heteroatoms. The molecule has 0 aliphatic heterocycles. The molecule has 0 aliphatic carbocycles. The van der Waals surface area contributed by atoms with E-state index in [0.717, 1.165) is 28.0 Å². The van der Waals surface area contributed by atoms with Crippen molar-refractivity contribution in [2.45, 2.75) is 0 Å². The summed E-state index contributed by atoms with van der Waals surface area (Å²) in [7, 11) is 0. The zero-order chi connectivity index (χ0) is 20.9. The third-order valence-corrected chi connectivity index (χ3v) is 4.67. The lowest BCUT2D eigenvalue weighted by molar-refractivity contribution is 0.363. The molecule has 4 rings (SSSR count). The molecule has 0 heterocycles. The average molecular weight is 396 g/mol. The van der Waals surface area contributed by atoms with Crippen molar-refractivity contribution in [1.82, 2.24) is 0 Å². The van der Waals surface area contributed by atoms with Gasteiger partial charge in [0.15, 0.2) is 11.6 Å². The van der Waals surface area contributed by atoms with Crippen LogP contribution >= 0.6 is 0 Å². The highest BCUT2D eigenvalue weighted by molar-refractivity contribution is 5.84. The van der Waals surface area contributed by atoms with Gasteiger partial charge in [-0.15, -0.1) is 0 Å². The molecular formula is C27H18F2O. The van der Waals surface area contributed by atoms with Gasteiger partial charge in [-0.1, -0.05) is 54.8 Å². The maximum absolute atomic E-state index is 13.5. The van der Waals surface area contributed by atoms with E-state index in [4.69, 9.17) is 4.74 Å². The van der Waals surface area contributed by atoms with Crippen LogP contribution in [0.25, 0.3) is 21.9 Å². The number of fused-ring (bicyclic) bond motifs is 1. The van der Waals surface area contributed by atoms with Gasteiger partial charge in [-0.2, -0.15) is 0 Å². The van der Waals surface area contributed by atoms with Crippen molar-refractivity contribution in [3.63, 3.8) is 0 Å². The first kappa shape index (κ1) is 19.4. The summed E-state index contributed by atoms with van der Waals surface area (Å²) >= 11 is 0. The fourth-order valence-electron chi connectivity index (χ4n) is 3.11. The molecule has 0 amide bonds. The number of hydrogen-bond acceptors (Lipinski definition) is 1. The van der Waals surface area contributed by atoms with Gasteiger partial charge in [-0.3, -0.25) is 0 Å². The van der Waals surface area contributed by atoms with Crippen molar-refractivity contribution < 1.29 is 13.5 Å². The Balaban J connectivity index is 1.51. The minimum Gasteiger partial charge on any atom is -0.490 e. The highest BCUT2D eigenvalue weighted by atomic mass is 19.2. The van der Waals surface area contributed by atoms with Crippen molar-refractivity contribution >= 4 is 10.8 Å². The van der Waals surface area contributed by atoms with E-state index >= 15 is 0 Å². The molecule has 0 unspecified atom stereocenters. The van der Waals surface area contributed by atoms with Crippen LogP contribution < -0.4 is 4.74 Å². The van der Waals surface area contributed by atoms with E-state index in [-0.39, 0.29) is 0 Å². The summed E-state index contributed by atoms with van der Waals surface area (Å²) in [6.45, 7) is 4.12. The van der Waals surface area contributed by atoms with Crippen molar-refractivity contribution in [1.29, 1.82) is 0 Å². The van der Waals surface area contributed by atoms with Crippen LogP contribution in [0.15, 0.2) is 91.5 Å². The Bertz CT molecular complexity index is 1260. The maximum Gasteiger partial charge on any atom is 0.159 e. The molecule has 146 valence electrons. The largest absolute Gasteiger partial charge is 0.490 e. The standard InChI is InChI=1S/C27H18F2O/c1-2-15-30-25-13-11-22(12-14-25)21-8-5-19(6-9-21)3-4-20-7-10-23-17-26(28)27(29)18-24(23)16-20/h2,5-14,16-18H,1,15H2. The van der Waals surface area contributed by atoms with Crippen LogP contribution in [0.5, 0.6) is 5.75 Å². The number of benzene rings is 4. The topological polar surface area (TPSA) is 9.23 Å². The van der Waals surface area contributed by atoms with Gasteiger partial charge in [0.2, 0.25) is 0 Å². The summed E-state index contributed by atoms with van der Waals surface area (Å²) in [4.78, 5) is 0. The molecule has 30 heavy (non-hydrogen) atoms. The fourth-order valence-corrected chi connectivity index (χ4v) is 3.11. The van der Waals surface area contributed by atoms with Gasteiger partial charge in [0.05, 0.1) is 0 Å². The minimum atomic E-state index is -0.858. The third kappa shape index (κ3) is 4.39. The lowest BCUT2D eigenvalue weighted by Crippen LogP contribution is -1.92. The zero-order valence-corrected chi connectivity index (χ0v) is 16.2. The van der Waals surface area contributed by atoms with Crippen molar-refractivity contribution in [3.05, 3.63) is 114 Å². The average Bonchev–Trinajstić information content (AvgIpc) is 2.78. The summed E-state index contributed by atoms with van der Waals surface area (Å²) in [6, 6.07) is 23.5. The molecule has 0 aliphatic rings. The summed E-state index contributed by atoms with van der Waals surface area (Å²) in [5.41, 5.74) is 3.78. The van der Waals surface area contributed by atoms with Crippen LogP contribution in [0.4, 0.5) is 8.78 Å². The molecule has 0 saturated heterocycles. The Morgan fingerprint density at radius 3 is 1.93 bits per heavy atom. The molecular weight excluding hydrogens is 378 g/mol. The molecule has 1 nitrogen and oxygen atoms in total. The molecule has 0 spiro atoms. The molecule has 0 fully saturated rings. The second-order valence-corrected chi connectivity index (χ2v) is 6.78. The van der Waals surface area contributed by atoms with Crippen molar-refractivity contribution in [2.24, 2.45) is 0 Å². The Hall–Kier alpha value is -3.90. The molecule has 0 bridgehead atoms. The van der Waals surface area contributed by atoms with Crippen LogP contribution in [0, 0.1) is 23.5 Å². The molecule has 4 aromatic carbocycles. The highest BCUT2D eigenvalue weighted by Crippen LogP contribution is 2.23. The SMILES string of the molecule is C=CCOc1ccc(-c2ccc(C#Cc3ccc4cc(F)c(F)cc4c3)cc2)cc1. The summed E-state index contributed by atoms with van der Waals surface area (Å²) < 4.78 is 32.3. The molecule has 4 aromatic rings. The van der Waals surface area contributed by atoms with Crippen molar-refractivity contribution in [2.75, 3.05) is 6.61 Å². The summed E-state index contributed by atoms with van der Waals surface area (Å²) in [6.07, 6.45) is 1.71. The van der Waals surface area contributed by atoms with Crippen LogP contribution in [0.3, 0.4) is 0 Å². The van der Waals surface area contributed by atoms with Crippen LogP contribution in [-0.2, 0) is 0 Å². The van der Waals surface area contributed by atoms with Crippen molar-refractivity contribution in [3.8, 4) is 28.7 Å². The lowest BCUT2D eigenvalue weighted by atomic mass is 10.0. The first-order chi connectivity index (χ1) is 14.6. The van der Waals surface area contributed by atoms with Crippen LogP contribution in [0.1, 0.15) is 11.1 Å². The lowest BCUT2D eigenvalue weighted by Gasteiger charge is -2.05. The normalized spacial score (nSPS) is 10.3.